The van der Waals surface area contributed by atoms with Gasteiger partial charge in [-0.1, -0.05) is 0 Å². The van der Waals surface area contributed by atoms with E-state index in [1.165, 1.54) is 12.1 Å². The van der Waals surface area contributed by atoms with Gasteiger partial charge in [0.25, 0.3) is 0 Å². The van der Waals surface area contributed by atoms with Gasteiger partial charge in [-0.05, 0) is 24.3 Å². The molecule has 3 nitrogen and oxygen atoms in total. The summed E-state index contributed by atoms with van der Waals surface area (Å²) >= 11 is 0. The quantitative estimate of drug-likeness (QED) is 0.749. The van der Waals surface area contributed by atoms with Crippen LogP contribution in [-0.2, 0) is 10.0 Å². The summed E-state index contributed by atoms with van der Waals surface area (Å²) in [5.74, 6) is -0.474. The van der Waals surface area contributed by atoms with Gasteiger partial charge in [-0.25, -0.2) is 17.5 Å². The summed E-state index contributed by atoms with van der Waals surface area (Å²) in [6.45, 7) is 0. The van der Waals surface area contributed by atoms with Crippen molar-refractivity contribution in [2.75, 3.05) is 0 Å². The number of hydrogen-bond acceptors (Lipinski definition) is 2. The van der Waals surface area contributed by atoms with Gasteiger partial charge < -0.3 is 0 Å². The van der Waals surface area contributed by atoms with Crippen LogP contribution >= 0.6 is 0 Å². The zero-order valence-electron chi connectivity index (χ0n) is 6.12. The van der Waals surface area contributed by atoms with E-state index < -0.39 is 15.8 Å². The smallest absolute Gasteiger partial charge is 0.210 e. The second kappa shape index (κ2) is 3.20. The highest BCUT2D eigenvalue weighted by Crippen LogP contribution is 2.08. The Morgan fingerprint density at radius 1 is 1.25 bits per heavy atom. The van der Waals surface area contributed by atoms with Crippen molar-refractivity contribution in [3.63, 3.8) is 0 Å². The lowest BCUT2D eigenvalue weighted by Gasteiger charge is -2.00. The number of benzene rings is 1. The molecule has 0 amide bonds. The minimum Gasteiger partial charge on any atom is -0.210 e. The molecule has 0 aliphatic rings. The first-order chi connectivity index (χ1) is 5.56. The van der Waals surface area contributed by atoms with Crippen LogP contribution in [0.2, 0.25) is 0 Å². The molecule has 0 fully saturated rings. The molecule has 5 heteroatoms. The molecule has 0 saturated carbocycles. The number of rotatable bonds is 2. The summed E-state index contributed by atoms with van der Waals surface area (Å²) in [7, 11) is -0.518. The fourth-order valence-electron chi connectivity index (χ4n) is 0.697. The summed E-state index contributed by atoms with van der Waals surface area (Å²) in [5.41, 5.74) is 0. The first-order valence-electron chi connectivity index (χ1n) is 3.11. The molecule has 0 heterocycles. The minimum atomic E-state index is -3.54. The van der Waals surface area contributed by atoms with Gasteiger partial charge in [0.05, 0.1) is 4.90 Å². The molecular weight excluding hydrogens is 181 g/mol. The van der Waals surface area contributed by atoms with Crippen molar-refractivity contribution < 1.29 is 12.8 Å². The highest BCUT2D eigenvalue weighted by atomic mass is 32.2. The van der Waals surface area contributed by atoms with Crippen LogP contribution in [0.25, 0.3) is 0 Å². The van der Waals surface area contributed by atoms with Crippen LogP contribution in [0.3, 0.4) is 0 Å². The van der Waals surface area contributed by atoms with Gasteiger partial charge in [0.1, 0.15) is 5.82 Å². The molecule has 1 aromatic rings. The van der Waals surface area contributed by atoms with E-state index in [4.69, 9.17) is 0 Å². The van der Waals surface area contributed by atoms with E-state index in [0.717, 1.165) is 12.1 Å². The lowest BCUT2D eigenvalue weighted by atomic mass is 10.4. The number of nitrogens with one attached hydrogen (secondary N) is 1. The predicted octanol–water partition coefficient (Wildman–Crippen LogP) is 0.896. The van der Waals surface area contributed by atoms with Gasteiger partial charge in [0.15, 0.2) is 0 Å². The molecule has 0 saturated heterocycles. The summed E-state index contributed by atoms with van der Waals surface area (Å²) in [6, 6.07) is 4.49. The predicted molar refractivity (Wildman–Crippen MR) is 42.1 cm³/mol. The van der Waals surface area contributed by atoms with Crippen LogP contribution in [0.15, 0.2) is 29.2 Å². The molecule has 0 aromatic heterocycles. The van der Waals surface area contributed by atoms with Crippen LogP contribution < -0.4 is 4.72 Å². The summed E-state index contributed by atoms with van der Waals surface area (Å²) in [4.78, 5) is -0.00102. The average Bonchev–Trinajstić information content (AvgIpc) is 2.05. The third-order valence-electron chi connectivity index (χ3n) is 1.31. The Hall–Kier alpha value is -0.940. The standard InChI is InChI=1S/C7H7FNO2S/c1-9-12(10,11)7-4-2-6(8)3-5-7/h2-5,9H,1H2. The van der Waals surface area contributed by atoms with Crippen molar-refractivity contribution in [3.8, 4) is 0 Å². The third-order valence-corrected chi connectivity index (χ3v) is 2.59. The van der Waals surface area contributed by atoms with Crippen molar-refractivity contribution in [1.29, 1.82) is 0 Å². The number of hydrogen-bond donors (Lipinski definition) is 1. The van der Waals surface area contributed by atoms with Crippen LogP contribution in [0.1, 0.15) is 0 Å². The second-order valence-electron chi connectivity index (χ2n) is 2.10. The Bertz CT molecular complexity index is 357. The molecule has 0 bridgehead atoms. The van der Waals surface area contributed by atoms with Gasteiger partial charge in [-0.15, -0.1) is 0 Å². The summed E-state index contributed by atoms with van der Waals surface area (Å²) in [6.07, 6.45) is 0. The number of halogens is 1. The van der Waals surface area contributed by atoms with Crippen LogP contribution in [0.4, 0.5) is 4.39 Å². The van der Waals surface area contributed by atoms with E-state index in [2.05, 4.69) is 7.05 Å². The first kappa shape index (κ1) is 9.15. The van der Waals surface area contributed by atoms with E-state index in [-0.39, 0.29) is 4.90 Å². The van der Waals surface area contributed by atoms with Crippen molar-refractivity contribution in [1.82, 2.24) is 4.72 Å². The third kappa shape index (κ3) is 1.80. The second-order valence-corrected chi connectivity index (χ2v) is 3.87. The Balaban J connectivity index is 3.14. The molecule has 0 unspecified atom stereocenters. The van der Waals surface area contributed by atoms with Crippen LogP contribution in [0.5, 0.6) is 0 Å². The van der Waals surface area contributed by atoms with E-state index in [1.54, 1.807) is 0 Å². The van der Waals surface area contributed by atoms with Gasteiger partial charge in [0.2, 0.25) is 10.0 Å². The van der Waals surface area contributed by atoms with Gasteiger partial charge >= 0.3 is 0 Å². The van der Waals surface area contributed by atoms with Crippen molar-refractivity contribution in [3.05, 3.63) is 37.1 Å². The molecule has 12 heavy (non-hydrogen) atoms. The van der Waals surface area contributed by atoms with Crippen LogP contribution in [0, 0.1) is 12.9 Å². The number of sulfonamides is 1. The maximum absolute atomic E-state index is 12.3. The SMILES string of the molecule is [CH2]NS(=O)(=O)c1ccc(F)cc1. The monoisotopic (exact) mass is 188 g/mol. The van der Waals surface area contributed by atoms with Crippen molar-refractivity contribution in [2.45, 2.75) is 4.90 Å². The van der Waals surface area contributed by atoms with Gasteiger partial charge in [-0.2, -0.15) is 0 Å². The van der Waals surface area contributed by atoms with E-state index in [1.807, 2.05) is 4.72 Å². The lowest BCUT2D eigenvalue weighted by Crippen LogP contribution is -2.16. The molecule has 1 radical (unpaired) electrons. The van der Waals surface area contributed by atoms with E-state index >= 15 is 0 Å². The van der Waals surface area contributed by atoms with E-state index in [0.29, 0.717) is 0 Å². The summed E-state index contributed by atoms with van der Waals surface area (Å²) < 4.78 is 36.3. The normalized spacial score (nSPS) is 11.5. The molecule has 1 rings (SSSR count). The molecule has 65 valence electrons. The van der Waals surface area contributed by atoms with Crippen LogP contribution in [-0.4, -0.2) is 8.42 Å². The lowest BCUT2D eigenvalue weighted by molar-refractivity contribution is 0.589. The first-order valence-corrected chi connectivity index (χ1v) is 4.59. The molecule has 0 spiro atoms. The van der Waals surface area contributed by atoms with Gasteiger partial charge in [-0.3, -0.25) is 0 Å². The maximum Gasteiger partial charge on any atom is 0.240 e. The van der Waals surface area contributed by atoms with Crippen molar-refractivity contribution >= 4 is 10.0 Å². The maximum atomic E-state index is 12.3. The molecule has 0 aliphatic carbocycles. The summed E-state index contributed by atoms with van der Waals surface area (Å²) in [5, 5.41) is 0. The Morgan fingerprint density at radius 3 is 2.17 bits per heavy atom. The Labute approximate surface area is 70.3 Å². The zero-order valence-corrected chi connectivity index (χ0v) is 6.94. The fraction of sp³-hybridized carbons (Fsp3) is 0. The highest BCUT2D eigenvalue weighted by Gasteiger charge is 2.09. The topological polar surface area (TPSA) is 46.2 Å². The Kier molecular flexibility index (Phi) is 2.44. The minimum absolute atomic E-state index is 0.00102. The average molecular weight is 188 g/mol. The fourth-order valence-corrected chi connectivity index (χ4v) is 1.36. The van der Waals surface area contributed by atoms with Gasteiger partial charge in [0, 0.05) is 7.05 Å². The van der Waals surface area contributed by atoms with Crippen molar-refractivity contribution in [2.24, 2.45) is 0 Å². The Morgan fingerprint density at radius 2 is 1.75 bits per heavy atom. The zero-order chi connectivity index (χ0) is 9.19. The van der Waals surface area contributed by atoms with E-state index in [9.17, 15) is 12.8 Å². The molecule has 0 aliphatic heterocycles. The molecule has 1 aromatic carbocycles. The molecule has 0 atom stereocenters. The highest BCUT2D eigenvalue weighted by molar-refractivity contribution is 7.89. The molecule has 1 N–H and O–H groups in total. The molecular formula is C7H7FNO2S. The largest absolute Gasteiger partial charge is 0.240 e.